The van der Waals surface area contributed by atoms with Crippen LogP contribution in [0.4, 0.5) is 0 Å². The van der Waals surface area contributed by atoms with Gasteiger partial charge in [-0.15, -0.1) is 0 Å². The number of rotatable bonds is 3. The van der Waals surface area contributed by atoms with Crippen LogP contribution in [0.25, 0.3) is 0 Å². The predicted molar refractivity (Wildman–Crippen MR) is 75.1 cm³/mol. The Morgan fingerprint density at radius 2 is 2.28 bits per heavy atom. The van der Waals surface area contributed by atoms with Crippen molar-refractivity contribution in [2.75, 3.05) is 0 Å². The first-order valence-electron chi connectivity index (χ1n) is 7.54. The fourth-order valence-corrected chi connectivity index (χ4v) is 4.21. The van der Waals surface area contributed by atoms with Gasteiger partial charge in [0.05, 0.1) is 6.04 Å². The van der Waals surface area contributed by atoms with Crippen molar-refractivity contribution in [1.29, 1.82) is 0 Å². The zero-order chi connectivity index (χ0) is 12.7. The molecule has 0 amide bonds. The summed E-state index contributed by atoms with van der Waals surface area (Å²) >= 11 is 0. The van der Waals surface area contributed by atoms with Crippen LogP contribution in [0.5, 0.6) is 0 Å². The minimum absolute atomic E-state index is 0.393. The van der Waals surface area contributed by atoms with Crippen LogP contribution in [0.15, 0.2) is 16.3 Å². The molecule has 0 aromatic rings. The Bertz CT molecular complexity index is 397. The Kier molecular flexibility index (Phi) is 3.08. The first-order chi connectivity index (χ1) is 8.70. The van der Waals surface area contributed by atoms with Gasteiger partial charge in [0.1, 0.15) is 0 Å². The van der Waals surface area contributed by atoms with E-state index in [9.17, 15) is 0 Å². The van der Waals surface area contributed by atoms with Crippen LogP contribution in [-0.4, -0.2) is 12.0 Å². The first kappa shape index (κ1) is 12.1. The molecule has 1 heterocycles. The molecule has 0 saturated heterocycles. The second kappa shape index (κ2) is 4.60. The molecule has 4 unspecified atom stereocenters. The smallest absolute Gasteiger partial charge is 0.193 e. The van der Waals surface area contributed by atoms with Gasteiger partial charge in [-0.05, 0) is 49.0 Å². The Balaban J connectivity index is 1.89. The number of nitrogens with two attached hydrogens (primary N) is 1. The lowest BCUT2D eigenvalue weighted by Crippen LogP contribution is -2.44. The average Bonchev–Trinajstić information content (AvgIpc) is 2.72. The summed E-state index contributed by atoms with van der Waals surface area (Å²) in [5.41, 5.74) is 8.99. The molecule has 1 fully saturated rings. The summed E-state index contributed by atoms with van der Waals surface area (Å²) in [6.45, 7) is 4.69. The monoisotopic (exact) mass is 247 g/mol. The molecule has 18 heavy (non-hydrogen) atoms. The number of aliphatic imine (C=N–C) groups is 1. The van der Waals surface area contributed by atoms with E-state index < -0.39 is 0 Å². The molecule has 3 heteroatoms. The second-order valence-corrected chi connectivity index (χ2v) is 6.27. The molecule has 0 spiro atoms. The van der Waals surface area contributed by atoms with Gasteiger partial charge in [0, 0.05) is 5.70 Å². The lowest BCUT2D eigenvalue weighted by molar-refractivity contribution is 0.208. The van der Waals surface area contributed by atoms with E-state index in [1.807, 2.05) is 0 Å². The van der Waals surface area contributed by atoms with Crippen LogP contribution >= 0.6 is 0 Å². The number of guanidine groups is 1. The number of hydrogen-bond donors (Lipinski definition) is 2. The third kappa shape index (κ3) is 1.84. The molecule has 100 valence electrons. The molecule has 1 aliphatic heterocycles. The molecule has 3 aliphatic rings. The largest absolute Gasteiger partial charge is 0.370 e. The number of unbranched alkanes of at least 4 members (excludes halogenated alkanes) is 1. The van der Waals surface area contributed by atoms with Gasteiger partial charge in [0.15, 0.2) is 5.96 Å². The van der Waals surface area contributed by atoms with Gasteiger partial charge in [-0.1, -0.05) is 26.7 Å². The minimum atomic E-state index is 0.393. The second-order valence-electron chi connectivity index (χ2n) is 6.27. The minimum Gasteiger partial charge on any atom is -0.370 e. The number of nitrogens with zero attached hydrogens (tertiary/aromatic N) is 1. The molecule has 3 rings (SSSR count). The van der Waals surface area contributed by atoms with Gasteiger partial charge < -0.3 is 11.1 Å². The Hall–Kier alpha value is -0.990. The molecule has 2 aliphatic carbocycles. The maximum absolute atomic E-state index is 5.97. The number of nitrogens with one attached hydrogen (secondary N) is 1. The Morgan fingerprint density at radius 1 is 1.44 bits per heavy atom. The number of allylic oxidation sites excluding steroid dienone is 1. The van der Waals surface area contributed by atoms with Crippen LogP contribution in [-0.2, 0) is 0 Å². The maximum atomic E-state index is 5.97. The van der Waals surface area contributed by atoms with Gasteiger partial charge >= 0.3 is 0 Å². The summed E-state index contributed by atoms with van der Waals surface area (Å²) in [4.78, 5) is 4.76. The summed E-state index contributed by atoms with van der Waals surface area (Å²) in [7, 11) is 0. The van der Waals surface area contributed by atoms with Gasteiger partial charge in [-0.2, -0.15) is 0 Å². The number of hydrogen-bond acceptors (Lipinski definition) is 3. The average molecular weight is 247 g/mol. The van der Waals surface area contributed by atoms with E-state index in [1.54, 1.807) is 5.57 Å². The molecule has 0 aromatic heterocycles. The fraction of sp³-hybridized carbons (Fsp3) is 0.800. The highest BCUT2D eigenvalue weighted by Gasteiger charge is 2.44. The molecule has 3 nitrogen and oxygen atoms in total. The van der Waals surface area contributed by atoms with Gasteiger partial charge in [-0.3, -0.25) is 0 Å². The van der Waals surface area contributed by atoms with Gasteiger partial charge in [0.2, 0.25) is 0 Å². The Labute approximate surface area is 110 Å². The van der Waals surface area contributed by atoms with Crippen molar-refractivity contribution in [3.63, 3.8) is 0 Å². The molecular formula is C15H25N3. The van der Waals surface area contributed by atoms with E-state index in [1.165, 1.54) is 44.2 Å². The van der Waals surface area contributed by atoms with E-state index in [-0.39, 0.29) is 0 Å². The quantitative estimate of drug-likeness (QED) is 0.805. The topological polar surface area (TPSA) is 50.4 Å². The van der Waals surface area contributed by atoms with E-state index in [4.69, 9.17) is 10.7 Å². The summed E-state index contributed by atoms with van der Waals surface area (Å²) in [5.74, 6) is 2.94. The van der Waals surface area contributed by atoms with Gasteiger partial charge in [0.25, 0.3) is 0 Å². The van der Waals surface area contributed by atoms with Crippen molar-refractivity contribution in [2.45, 2.75) is 58.4 Å². The lowest BCUT2D eigenvalue weighted by atomic mass is 9.68. The van der Waals surface area contributed by atoms with Crippen molar-refractivity contribution in [3.8, 4) is 0 Å². The van der Waals surface area contributed by atoms with E-state index in [0.717, 1.165) is 11.8 Å². The zero-order valence-electron chi connectivity index (χ0n) is 11.6. The highest BCUT2D eigenvalue weighted by atomic mass is 15.1. The summed E-state index contributed by atoms with van der Waals surface area (Å²) in [6, 6.07) is 0.393. The summed E-state index contributed by atoms with van der Waals surface area (Å²) in [6.07, 6.45) is 7.76. The van der Waals surface area contributed by atoms with E-state index >= 15 is 0 Å². The summed E-state index contributed by atoms with van der Waals surface area (Å²) < 4.78 is 0. The molecule has 1 saturated carbocycles. The van der Waals surface area contributed by atoms with E-state index in [2.05, 4.69) is 19.2 Å². The summed E-state index contributed by atoms with van der Waals surface area (Å²) in [5, 5.41) is 3.31. The third-order valence-electron chi connectivity index (χ3n) is 5.09. The Morgan fingerprint density at radius 3 is 3.06 bits per heavy atom. The highest BCUT2D eigenvalue weighted by Crippen LogP contribution is 2.49. The van der Waals surface area contributed by atoms with Crippen molar-refractivity contribution in [1.82, 2.24) is 5.32 Å². The van der Waals surface area contributed by atoms with Gasteiger partial charge in [-0.25, -0.2) is 4.99 Å². The van der Waals surface area contributed by atoms with Crippen LogP contribution in [0.3, 0.4) is 0 Å². The van der Waals surface area contributed by atoms with Crippen LogP contribution in [0.1, 0.15) is 52.4 Å². The van der Waals surface area contributed by atoms with Crippen molar-refractivity contribution in [2.24, 2.45) is 28.5 Å². The first-order valence-corrected chi connectivity index (χ1v) is 7.54. The van der Waals surface area contributed by atoms with Crippen molar-refractivity contribution in [3.05, 3.63) is 11.3 Å². The predicted octanol–water partition coefficient (Wildman–Crippen LogP) is 2.78. The van der Waals surface area contributed by atoms with Crippen LogP contribution in [0, 0.1) is 17.8 Å². The molecule has 4 atom stereocenters. The normalized spacial score (nSPS) is 38.2. The zero-order valence-corrected chi connectivity index (χ0v) is 11.6. The van der Waals surface area contributed by atoms with Crippen LogP contribution < -0.4 is 11.1 Å². The fourth-order valence-electron chi connectivity index (χ4n) is 4.21. The van der Waals surface area contributed by atoms with Crippen LogP contribution in [0.2, 0.25) is 0 Å². The highest BCUT2D eigenvalue weighted by molar-refractivity contribution is 5.81. The van der Waals surface area contributed by atoms with Crippen molar-refractivity contribution >= 4 is 5.96 Å². The molecule has 3 N–H and O–H groups in total. The molecular weight excluding hydrogens is 222 g/mol. The van der Waals surface area contributed by atoms with Crippen molar-refractivity contribution < 1.29 is 0 Å². The molecule has 0 bridgehead atoms. The maximum Gasteiger partial charge on any atom is 0.193 e. The lowest BCUT2D eigenvalue weighted by Gasteiger charge is -2.41. The standard InChI is InChI=1S/C15H25N3/c1-3-4-5-11-9(2)8-10-6-7-12-13(10)14(11)18-15(16)17-12/h9-11,14H,3-8H2,1-2H3,(H3,16,17,18). The SMILES string of the molecule is CCCCC1C(C)CC2CCC3=C2C1N=C(N)N3. The molecule has 0 aromatic carbocycles. The molecule has 0 radical (unpaired) electrons. The third-order valence-corrected chi connectivity index (χ3v) is 5.09. The van der Waals surface area contributed by atoms with E-state index in [0.29, 0.717) is 17.9 Å².